The molecule has 0 aliphatic heterocycles. The lowest BCUT2D eigenvalue weighted by Gasteiger charge is -2.15. The highest BCUT2D eigenvalue weighted by Crippen LogP contribution is 2.25. The van der Waals surface area contributed by atoms with Crippen molar-refractivity contribution < 1.29 is 0 Å². The minimum Gasteiger partial charge on any atom is -0.335 e. The number of benzene rings is 2. The lowest BCUT2D eigenvalue weighted by atomic mass is 10.0. The molecule has 3 rings (SSSR count). The molecule has 0 amide bonds. The van der Waals surface area contributed by atoms with Crippen LogP contribution in [0.5, 0.6) is 0 Å². The van der Waals surface area contributed by atoms with Gasteiger partial charge in [0.15, 0.2) is 0 Å². The summed E-state index contributed by atoms with van der Waals surface area (Å²) in [6.07, 6.45) is 1.17. The Balaban J connectivity index is 1.89. The van der Waals surface area contributed by atoms with Crippen LogP contribution in [0.1, 0.15) is 28.7 Å². The summed E-state index contributed by atoms with van der Waals surface area (Å²) in [5.74, 6) is 0.407. The van der Waals surface area contributed by atoms with Crippen molar-refractivity contribution in [3.63, 3.8) is 0 Å². The molecule has 0 spiro atoms. The van der Waals surface area contributed by atoms with E-state index in [2.05, 4.69) is 32.9 Å². The molecular weight excluding hydrogens is 378 g/mol. The van der Waals surface area contributed by atoms with E-state index in [9.17, 15) is 4.79 Å². The largest absolute Gasteiger partial charge is 0.335 e. The first-order valence-electron chi connectivity index (χ1n) is 9.38. The minimum atomic E-state index is -0.370. The Morgan fingerprint density at radius 1 is 1.07 bits per heavy atom. The van der Waals surface area contributed by atoms with Crippen molar-refractivity contribution in [2.45, 2.75) is 26.7 Å². The lowest BCUT2D eigenvalue weighted by Crippen LogP contribution is -2.25. The fourth-order valence-corrected chi connectivity index (χ4v) is 3.12. The second-order valence-electron chi connectivity index (χ2n) is 6.91. The summed E-state index contributed by atoms with van der Waals surface area (Å²) in [5, 5.41) is 28.1. The van der Waals surface area contributed by atoms with Crippen LogP contribution in [-0.2, 0) is 13.5 Å². The molecule has 0 aliphatic rings. The van der Waals surface area contributed by atoms with Gasteiger partial charge in [-0.1, -0.05) is 12.1 Å². The minimum absolute atomic E-state index is 0.126. The summed E-state index contributed by atoms with van der Waals surface area (Å²) in [6.45, 7) is 3.95. The predicted octanol–water partition coefficient (Wildman–Crippen LogP) is 3.61. The van der Waals surface area contributed by atoms with Gasteiger partial charge < -0.3 is 10.6 Å². The molecule has 0 aliphatic carbocycles. The van der Waals surface area contributed by atoms with Crippen LogP contribution in [0, 0.1) is 36.5 Å². The van der Waals surface area contributed by atoms with Crippen molar-refractivity contribution in [1.29, 1.82) is 10.5 Å². The van der Waals surface area contributed by atoms with Crippen molar-refractivity contribution in [1.82, 2.24) is 14.8 Å². The summed E-state index contributed by atoms with van der Waals surface area (Å²) in [5.41, 5.74) is 4.77. The number of nitriles is 2. The average Bonchev–Trinajstić information content (AvgIpc) is 2.73. The summed E-state index contributed by atoms with van der Waals surface area (Å²) in [4.78, 5) is 16.8. The zero-order valence-electron chi connectivity index (χ0n) is 17.0. The molecule has 0 unspecified atom stereocenters. The van der Waals surface area contributed by atoms with Gasteiger partial charge in [0.2, 0.25) is 11.8 Å². The standard InChI is InChI=1S/C22H21N7O/c1-14-11-17(5-4-10-23)12-15(2)19(14)26-22-27-20(21(30)29(3)28-22)25-18-8-6-16(13-24)7-9-18/h6-9,11-12H,4-5H2,1-3H3,(H2,25,26,27,28). The predicted molar refractivity (Wildman–Crippen MR) is 115 cm³/mol. The highest BCUT2D eigenvalue weighted by molar-refractivity contribution is 5.65. The molecule has 8 nitrogen and oxygen atoms in total. The van der Waals surface area contributed by atoms with Crippen molar-refractivity contribution >= 4 is 23.1 Å². The third kappa shape index (κ3) is 4.62. The van der Waals surface area contributed by atoms with Gasteiger partial charge in [-0.3, -0.25) is 4.79 Å². The van der Waals surface area contributed by atoms with Gasteiger partial charge in [0.25, 0.3) is 0 Å². The number of aryl methyl sites for hydroxylation is 4. The third-order valence-corrected chi connectivity index (χ3v) is 4.59. The number of nitrogens with zero attached hydrogens (tertiary/aromatic N) is 5. The summed E-state index contributed by atoms with van der Waals surface area (Å²) in [7, 11) is 1.56. The quantitative estimate of drug-likeness (QED) is 0.650. The number of anilines is 4. The molecule has 3 aromatic rings. The van der Waals surface area contributed by atoms with Gasteiger partial charge in [0.1, 0.15) is 0 Å². The van der Waals surface area contributed by atoms with Crippen molar-refractivity contribution in [2.75, 3.05) is 10.6 Å². The first-order valence-corrected chi connectivity index (χ1v) is 9.38. The number of aromatic nitrogens is 3. The summed E-state index contributed by atoms with van der Waals surface area (Å²) in [6, 6.07) is 15.0. The molecular formula is C22H21N7O. The smallest absolute Gasteiger partial charge is 0.309 e. The van der Waals surface area contributed by atoms with Crippen molar-refractivity contribution in [3.8, 4) is 12.1 Å². The van der Waals surface area contributed by atoms with E-state index in [4.69, 9.17) is 10.5 Å². The van der Waals surface area contributed by atoms with Crippen molar-refractivity contribution in [2.24, 2.45) is 7.05 Å². The fraction of sp³-hybridized carbons (Fsp3) is 0.227. The molecule has 0 bridgehead atoms. The number of hydrogen-bond acceptors (Lipinski definition) is 7. The molecule has 0 radical (unpaired) electrons. The van der Waals surface area contributed by atoms with Gasteiger partial charge in [0.05, 0.1) is 17.7 Å². The van der Waals surface area contributed by atoms with Crippen LogP contribution >= 0.6 is 0 Å². The van der Waals surface area contributed by atoms with Gasteiger partial charge in [-0.25, -0.2) is 4.68 Å². The van der Waals surface area contributed by atoms with E-state index in [1.807, 2.05) is 26.0 Å². The number of hydrogen-bond donors (Lipinski definition) is 2. The van der Waals surface area contributed by atoms with Crippen LogP contribution in [0.3, 0.4) is 0 Å². The lowest BCUT2D eigenvalue weighted by molar-refractivity contribution is 0.699. The van der Waals surface area contributed by atoms with Crippen LogP contribution in [0.15, 0.2) is 41.2 Å². The van der Waals surface area contributed by atoms with Gasteiger partial charge in [-0.05, 0) is 61.2 Å². The Bertz CT molecular complexity index is 1190. The van der Waals surface area contributed by atoms with E-state index >= 15 is 0 Å². The zero-order chi connectivity index (χ0) is 21.7. The highest BCUT2D eigenvalue weighted by atomic mass is 16.1. The zero-order valence-corrected chi connectivity index (χ0v) is 17.0. The topological polar surface area (TPSA) is 119 Å². The van der Waals surface area contributed by atoms with E-state index in [0.717, 1.165) is 22.4 Å². The molecule has 0 atom stereocenters. The molecule has 1 heterocycles. The molecule has 0 saturated heterocycles. The molecule has 150 valence electrons. The Kier molecular flexibility index (Phi) is 6.09. The maximum atomic E-state index is 12.4. The molecule has 0 saturated carbocycles. The first kappa shape index (κ1) is 20.6. The SMILES string of the molecule is Cc1cc(CCC#N)cc(C)c1Nc1nc(Nc2ccc(C#N)cc2)c(=O)n(C)n1. The normalized spacial score (nSPS) is 10.2. The second kappa shape index (κ2) is 8.89. The van der Waals surface area contributed by atoms with E-state index in [1.165, 1.54) is 4.68 Å². The summed E-state index contributed by atoms with van der Waals surface area (Å²) >= 11 is 0. The Labute approximate surface area is 174 Å². The molecule has 2 N–H and O–H groups in total. The molecule has 30 heavy (non-hydrogen) atoms. The van der Waals surface area contributed by atoms with Crippen LogP contribution in [-0.4, -0.2) is 14.8 Å². The van der Waals surface area contributed by atoms with Gasteiger partial charge >= 0.3 is 5.56 Å². The third-order valence-electron chi connectivity index (χ3n) is 4.59. The molecule has 1 aromatic heterocycles. The highest BCUT2D eigenvalue weighted by Gasteiger charge is 2.12. The van der Waals surface area contributed by atoms with E-state index in [-0.39, 0.29) is 17.3 Å². The Morgan fingerprint density at radius 2 is 1.73 bits per heavy atom. The monoisotopic (exact) mass is 399 g/mol. The Hall–Kier alpha value is -4.17. The molecule has 2 aromatic carbocycles. The van der Waals surface area contributed by atoms with Crippen molar-refractivity contribution in [3.05, 3.63) is 69.0 Å². The molecule has 8 heteroatoms. The van der Waals surface area contributed by atoms with Crippen LogP contribution < -0.4 is 16.2 Å². The fourth-order valence-electron chi connectivity index (χ4n) is 3.12. The van der Waals surface area contributed by atoms with Crippen LogP contribution in [0.25, 0.3) is 0 Å². The number of rotatable bonds is 6. The average molecular weight is 399 g/mol. The van der Waals surface area contributed by atoms with Gasteiger partial charge in [0, 0.05) is 24.8 Å². The molecule has 0 fully saturated rings. The first-order chi connectivity index (χ1) is 14.4. The number of nitrogens with one attached hydrogen (secondary N) is 2. The van der Waals surface area contributed by atoms with Crippen LogP contribution in [0.4, 0.5) is 23.1 Å². The maximum Gasteiger partial charge on any atom is 0.309 e. The van der Waals surface area contributed by atoms with Gasteiger partial charge in [-0.2, -0.15) is 15.5 Å². The maximum absolute atomic E-state index is 12.4. The van der Waals surface area contributed by atoms with E-state index in [0.29, 0.717) is 24.1 Å². The van der Waals surface area contributed by atoms with Gasteiger partial charge in [-0.15, -0.1) is 5.10 Å². The summed E-state index contributed by atoms with van der Waals surface area (Å²) < 4.78 is 1.22. The second-order valence-corrected chi connectivity index (χ2v) is 6.91. The van der Waals surface area contributed by atoms with E-state index in [1.54, 1.807) is 31.3 Å². The Morgan fingerprint density at radius 3 is 2.33 bits per heavy atom. The van der Waals surface area contributed by atoms with E-state index < -0.39 is 0 Å². The van der Waals surface area contributed by atoms with Crippen LogP contribution in [0.2, 0.25) is 0 Å².